The van der Waals surface area contributed by atoms with Gasteiger partial charge >= 0.3 is 0 Å². The number of fused-ring (bicyclic) bond motifs is 2. The van der Waals surface area contributed by atoms with Gasteiger partial charge in [-0.2, -0.15) is 0 Å². The predicted molar refractivity (Wildman–Crippen MR) is 57.2 cm³/mol. The van der Waals surface area contributed by atoms with Crippen LogP contribution in [0, 0.1) is 0 Å². The molecule has 1 aromatic carbocycles. The highest BCUT2D eigenvalue weighted by Gasteiger charge is 2.27. The molecular formula is C13H12O2. The van der Waals surface area contributed by atoms with Gasteiger partial charge in [0.2, 0.25) is 0 Å². The van der Waals surface area contributed by atoms with Crippen LogP contribution in [-0.2, 0) is 9.78 Å². The Morgan fingerprint density at radius 2 is 1.60 bits per heavy atom. The Bertz CT molecular complexity index is 394. The van der Waals surface area contributed by atoms with Gasteiger partial charge in [0, 0.05) is 5.92 Å². The van der Waals surface area contributed by atoms with Crippen LogP contribution in [0.5, 0.6) is 0 Å². The second-order valence-electron chi connectivity index (χ2n) is 3.83. The van der Waals surface area contributed by atoms with Crippen molar-refractivity contribution in [2.75, 3.05) is 0 Å². The van der Waals surface area contributed by atoms with Crippen molar-refractivity contribution in [3.8, 4) is 0 Å². The molecule has 1 unspecified atom stereocenters. The van der Waals surface area contributed by atoms with Crippen LogP contribution in [-0.4, -0.2) is 12.2 Å². The van der Waals surface area contributed by atoms with Crippen LogP contribution in [0.1, 0.15) is 11.5 Å². The maximum atomic E-state index is 5.32. The van der Waals surface area contributed by atoms with Gasteiger partial charge in [-0.05, 0) is 5.56 Å². The first-order valence-electron chi connectivity index (χ1n) is 5.17. The van der Waals surface area contributed by atoms with Gasteiger partial charge in [0.25, 0.3) is 0 Å². The summed E-state index contributed by atoms with van der Waals surface area (Å²) in [6.07, 6.45) is 8.30. The van der Waals surface area contributed by atoms with Crippen molar-refractivity contribution in [1.82, 2.24) is 0 Å². The van der Waals surface area contributed by atoms with E-state index in [9.17, 15) is 0 Å². The smallest absolute Gasteiger partial charge is 0.129 e. The molecule has 2 bridgehead atoms. The third kappa shape index (κ3) is 1.62. The van der Waals surface area contributed by atoms with Crippen molar-refractivity contribution < 1.29 is 9.78 Å². The normalized spacial score (nSPS) is 32.9. The van der Waals surface area contributed by atoms with Crippen LogP contribution in [0.25, 0.3) is 0 Å². The maximum Gasteiger partial charge on any atom is 0.129 e. The molecule has 2 heteroatoms. The molecule has 3 aliphatic rings. The number of hydrogen-bond donors (Lipinski definition) is 0. The molecular weight excluding hydrogens is 188 g/mol. The molecule has 0 N–H and O–H groups in total. The third-order valence-electron chi connectivity index (χ3n) is 2.81. The molecule has 1 aromatic rings. The molecule has 0 saturated carbocycles. The summed E-state index contributed by atoms with van der Waals surface area (Å²) < 4.78 is 0. The van der Waals surface area contributed by atoms with Crippen LogP contribution in [0.3, 0.4) is 0 Å². The van der Waals surface area contributed by atoms with E-state index in [1.165, 1.54) is 5.56 Å². The summed E-state index contributed by atoms with van der Waals surface area (Å²) >= 11 is 0. The monoisotopic (exact) mass is 200 g/mol. The van der Waals surface area contributed by atoms with Crippen LogP contribution in [0.15, 0.2) is 54.6 Å². The molecule has 0 aromatic heterocycles. The average molecular weight is 200 g/mol. The quantitative estimate of drug-likeness (QED) is 0.512. The molecule has 3 atom stereocenters. The van der Waals surface area contributed by atoms with Crippen LogP contribution in [0.4, 0.5) is 0 Å². The summed E-state index contributed by atoms with van der Waals surface area (Å²) in [6, 6.07) is 10.3. The number of benzene rings is 1. The summed E-state index contributed by atoms with van der Waals surface area (Å²) in [5.41, 5.74) is 1.26. The largest absolute Gasteiger partial charge is 0.227 e. The van der Waals surface area contributed by atoms with Crippen molar-refractivity contribution in [3.63, 3.8) is 0 Å². The van der Waals surface area contributed by atoms with Gasteiger partial charge in [-0.25, -0.2) is 9.78 Å². The molecule has 0 amide bonds. The van der Waals surface area contributed by atoms with Crippen molar-refractivity contribution in [1.29, 1.82) is 0 Å². The zero-order valence-electron chi connectivity index (χ0n) is 8.24. The standard InChI is InChI=1S/C13H12O2/c1-2-4-10(5-3-1)12-8-6-11-7-9-13(12)15-14-11/h1-9,11-13H/t11-,12?,13-/m1/s1. The summed E-state index contributed by atoms with van der Waals surface area (Å²) in [6.45, 7) is 0. The van der Waals surface area contributed by atoms with E-state index in [0.29, 0.717) is 0 Å². The van der Waals surface area contributed by atoms with Crippen molar-refractivity contribution in [2.45, 2.75) is 18.1 Å². The minimum absolute atomic E-state index is 0.00222. The highest BCUT2D eigenvalue weighted by molar-refractivity contribution is 5.30. The van der Waals surface area contributed by atoms with Gasteiger partial charge in [0.15, 0.2) is 0 Å². The first kappa shape index (κ1) is 8.89. The highest BCUT2D eigenvalue weighted by Crippen LogP contribution is 2.30. The molecule has 76 valence electrons. The second-order valence-corrected chi connectivity index (χ2v) is 3.83. The van der Waals surface area contributed by atoms with Gasteiger partial charge in [0.05, 0.1) is 0 Å². The Hall–Kier alpha value is -1.38. The summed E-state index contributed by atoms with van der Waals surface area (Å²) in [5.74, 6) is 0.259. The molecule has 4 rings (SSSR count). The molecule has 15 heavy (non-hydrogen) atoms. The fourth-order valence-electron chi connectivity index (χ4n) is 2.00. The Morgan fingerprint density at radius 1 is 0.800 bits per heavy atom. The van der Waals surface area contributed by atoms with Gasteiger partial charge in [-0.1, -0.05) is 54.6 Å². The fourth-order valence-corrected chi connectivity index (χ4v) is 2.00. The van der Waals surface area contributed by atoms with E-state index >= 15 is 0 Å². The summed E-state index contributed by atoms with van der Waals surface area (Å²) in [7, 11) is 0. The number of rotatable bonds is 1. The molecule has 0 saturated heterocycles. The molecule has 0 radical (unpaired) electrons. The highest BCUT2D eigenvalue weighted by atomic mass is 17.2. The first-order chi connectivity index (χ1) is 7.43. The van der Waals surface area contributed by atoms with Gasteiger partial charge in [-0.3, -0.25) is 0 Å². The maximum absolute atomic E-state index is 5.32. The lowest BCUT2D eigenvalue weighted by Crippen LogP contribution is -2.22. The second kappa shape index (κ2) is 3.65. The SMILES string of the molecule is C1=C[C@@H]2C=C[C@@H](OO2)C1c1ccccc1. The van der Waals surface area contributed by atoms with E-state index in [0.717, 1.165) is 0 Å². The Labute approximate surface area is 88.8 Å². The molecule has 2 heterocycles. The van der Waals surface area contributed by atoms with Gasteiger partial charge < -0.3 is 0 Å². The van der Waals surface area contributed by atoms with E-state index in [4.69, 9.17) is 9.78 Å². The van der Waals surface area contributed by atoms with Crippen LogP contribution >= 0.6 is 0 Å². The third-order valence-corrected chi connectivity index (χ3v) is 2.81. The molecule has 1 aliphatic carbocycles. The lowest BCUT2D eigenvalue weighted by molar-refractivity contribution is -0.329. The predicted octanol–water partition coefficient (Wildman–Crippen LogP) is 2.60. The fraction of sp³-hybridized carbons (Fsp3) is 0.231. The van der Waals surface area contributed by atoms with Crippen molar-refractivity contribution in [3.05, 3.63) is 60.2 Å². The van der Waals surface area contributed by atoms with Crippen LogP contribution in [0.2, 0.25) is 0 Å². The van der Waals surface area contributed by atoms with E-state index in [1.807, 2.05) is 30.4 Å². The Kier molecular flexibility index (Phi) is 2.16. The Morgan fingerprint density at radius 3 is 2.33 bits per heavy atom. The van der Waals surface area contributed by atoms with Crippen molar-refractivity contribution in [2.24, 2.45) is 0 Å². The lowest BCUT2D eigenvalue weighted by Gasteiger charge is -2.22. The average Bonchev–Trinajstić information content (AvgIpc) is 2.63. The minimum Gasteiger partial charge on any atom is -0.227 e. The molecule has 0 spiro atoms. The zero-order valence-corrected chi connectivity index (χ0v) is 8.24. The minimum atomic E-state index is -0.0186. The lowest BCUT2D eigenvalue weighted by atomic mass is 9.93. The number of hydrogen-bond acceptors (Lipinski definition) is 2. The Balaban J connectivity index is 1.97. The van der Waals surface area contributed by atoms with Gasteiger partial charge in [-0.15, -0.1) is 0 Å². The topological polar surface area (TPSA) is 18.5 Å². The van der Waals surface area contributed by atoms with E-state index in [2.05, 4.69) is 24.3 Å². The molecule has 2 aliphatic heterocycles. The molecule has 0 fully saturated rings. The van der Waals surface area contributed by atoms with E-state index in [1.54, 1.807) is 0 Å². The molecule has 2 nitrogen and oxygen atoms in total. The summed E-state index contributed by atoms with van der Waals surface area (Å²) in [4.78, 5) is 10.5. The first-order valence-corrected chi connectivity index (χ1v) is 5.17. The van der Waals surface area contributed by atoms with E-state index < -0.39 is 0 Å². The van der Waals surface area contributed by atoms with E-state index in [-0.39, 0.29) is 18.1 Å². The summed E-state index contributed by atoms with van der Waals surface area (Å²) in [5, 5.41) is 0. The zero-order chi connectivity index (χ0) is 10.1. The van der Waals surface area contributed by atoms with Crippen LogP contribution < -0.4 is 0 Å². The van der Waals surface area contributed by atoms with Crippen molar-refractivity contribution >= 4 is 0 Å². The van der Waals surface area contributed by atoms with Gasteiger partial charge in [0.1, 0.15) is 12.2 Å².